The third kappa shape index (κ3) is 4.28. The number of hydrogen-bond donors (Lipinski definition) is 3. The molecule has 0 saturated heterocycles. The van der Waals surface area contributed by atoms with Crippen LogP contribution in [0.4, 0.5) is 11.6 Å². The van der Waals surface area contributed by atoms with Gasteiger partial charge in [0.15, 0.2) is 0 Å². The number of sulfonamides is 1. The first-order valence-corrected chi connectivity index (χ1v) is 8.89. The molecule has 1 aromatic heterocycles. The fourth-order valence-corrected chi connectivity index (χ4v) is 2.55. The maximum absolute atomic E-state index is 11.4. The largest absolute Gasteiger partial charge is 0.370 e. The van der Waals surface area contributed by atoms with Gasteiger partial charge in [0.05, 0.1) is 5.75 Å². The Morgan fingerprint density at radius 3 is 2.33 bits per heavy atom. The molecule has 0 spiro atoms. The molecule has 21 heavy (non-hydrogen) atoms. The van der Waals surface area contributed by atoms with Crippen LogP contribution in [-0.2, 0) is 10.0 Å². The molecule has 3 N–H and O–H groups in total. The van der Waals surface area contributed by atoms with E-state index in [4.69, 9.17) is 0 Å². The number of nitrogens with zero attached hydrogens (tertiary/aromatic N) is 2. The monoisotopic (exact) mass is 313 g/mol. The first-order chi connectivity index (χ1) is 9.96. The first-order valence-electron chi connectivity index (χ1n) is 7.24. The molecule has 0 bridgehead atoms. The van der Waals surface area contributed by atoms with Crippen molar-refractivity contribution in [1.82, 2.24) is 14.7 Å². The Morgan fingerprint density at radius 2 is 1.81 bits per heavy atom. The van der Waals surface area contributed by atoms with Crippen molar-refractivity contribution in [1.29, 1.82) is 0 Å². The Bertz CT molecular complexity index is 599. The summed E-state index contributed by atoms with van der Waals surface area (Å²) >= 11 is 0. The molecule has 1 aliphatic carbocycles. The molecule has 1 heterocycles. The molecule has 1 aromatic rings. The van der Waals surface area contributed by atoms with Gasteiger partial charge < -0.3 is 10.6 Å². The lowest BCUT2D eigenvalue weighted by Gasteiger charge is -2.14. The fraction of sp³-hybridized carbons (Fsp3) is 0.692. The Kier molecular flexibility index (Phi) is 5.00. The van der Waals surface area contributed by atoms with Gasteiger partial charge >= 0.3 is 0 Å². The molecular formula is C13H23N5O2S. The van der Waals surface area contributed by atoms with Crippen molar-refractivity contribution in [3.63, 3.8) is 0 Å². The van der Waals surface area contributed by atoms with E-state index in [9.17, 15) is 8.42 Å². The molecule has 0 aliphatic heterocycles. The van der Waals surface area contributed by atoms with E-state index in [1.54, 1.807) is 0 Å². The van der Waals surface area contributed by atoms with E-state index < -0.39 is 10.0 Å². The minimum absolute atomic E-state index is 0.0161. The second-order valence-corrected chi connectivity index (χ2v) is 7.20. The van der Waals surface area contributed by atoms with Crippen molar-refractivity contribution in [2.24, 2.45) is 0 Å². The summed E-state index contributed by atoms with van der Waals surface area (Å²) in [5.74, 6) is 2.85. The quantitative estimate of drug-likeness (QED) is 0.664. The topological polar surface area (TPSA) is 96.0 Å². The molecule has 0 atom stereocenters. The van der Waals surface area contributed by atoms with Crippen LogP contribution >= 0.6 is 0 Å². The van der Waals surface area contributed by atoms with Crippen LogP contribution in [0.25, 0.3) is 0 Å². The van der Waals surface area contributed by atoms with Crippen molar-refractivity contribution >= 4 is 21.7 Å². The molecule has 0 radical (unpaired) electrons. The molecule has 8 heteroatoms. The van der Waals surface area contributed by atoms with Crippen LogP contribution < -0.4 is 15.4 Å². The van der Waals surface area contributed by atoms with E-state index in [0.717, 1.165) is 36.6 Å². The van der Waals surface area contributed by atoms with Crippen LogP contribution in [0.15, 0.2) is 0 Å². The molecule has 0 amide bonds. The van der Waals surface area contributed by atoms with Gasteiger partial charge in [0.1, 0.15) is 17.5 Å². The van der Waals surface area contributed by atoms with Gasteiger partial charge in [-0.2, -0.15) is 0 Å². The Hall–Kier alpha value is -1.41. The highest BCUT2D eigenvalue weighted by atomic mass is 32.2. The normalized spacial score (nSPS) is 15.0. The number of nitrogens with one attached hydrogen (secondary N) is 3. The highest BCUT2D eigenvalue weighted by Gasteiger charge is 2.28. The summed E-state index contributed by atoms with van der Waals surface area (Å²) in [5, 5.41) is 6.35. The second-order valence-electron chi connectivity index (χ2n) is 5.16. The SMILES string of the molecule is CCNc1nc(C2CC2)nc(NCCS(=O)(=O)NC)c1C. The molecule has 7 nitrogen and oxygen atoms in total. The van der Waals surface area contributed by atoms with Crippen molar-refractivity contribution in [2.45, 2.75) is 32.6 Å². The first kappa shape index (κ1) is 16.0. The lowest BCUT2D eigenvalue weighted by molar-refractivity contribution is 0.588. The van der Waals surface area contributed by atoms with Gasteiger partial charge in [-0.1, -0.05) is 0 Å². The molecule has 1 fully saturated rings. The average Bonchev–Trinajstić information content (AvgIpc) is 3.27. The van der Waals surface area contributed by atoms with Crippen LogP contribution in [0.3, 0.4) is 0 Å². The van der Waals surface area contributed by atoms with Crippen LogP contribution in [0.2, 0.25) is 0 Å². The number of hydrogen-bond acceptors (Lipinski definition) is 6. The van der Waals surface area contributed by atoms with E-state index in [-0.39, 0.29) is 5.75 Å². The van der Waals surface area contributed by atoms with E-state index in [2.05, 4.69) is 25.3 Å². The zero-order valence-corrected chi connectivity index (χ0v) is 13.5. The van der Waals surface area contributed by atoms with Gasteiger partial charge in [-0.3, -0.25) is 0 Å². The number of rotatable bonds is 8. The van der Waals surface area contributed by atoms with Gasteiger partial charge in [-0.25, -0.2) is 23.1 Å². The van der Waals surface area contributed by atoms with Crippen LogP contribution in [0, 0.1) is 6.92 Å². The Morgan fingerprint density at radius 1 is 1.19 bits per heavy atom. The Balaban J connectivity index is 2.13. The predicted octanol–water partition coefficient (Wildman–Crippen LogP) is 1.06. The fourth-order valence-electron chi connectivity index (χ4n) is 1.98. The summed E-state index contributed by atoms with van der Waals surface area (Å²) in [5.41, 5.74) is 0.920. The zero-order valence-electron chi connectivity index (χ0n) is 12.7. The molecular weight excluding hydrogens is 290 g/mol. The summed E-state index contributed by atoms with van der Waals surface area (Å²) < 4.78 is 25.2. The minimum atomic E-state index is -3.21. The highest BCUT2D eigenvalue weighted by Crippen LogP contribution is 2.39. The standard InChI is InChI=1S/C13H23N5O2S/c1-4-15-11-9(2)12(16-7-8-21(19,20)14-3)18-13(17-11)10-5-6-10/h10,14H,4-8H2,1-3H3,(H2,15,16,17,18). The van der Waals surface area contributed by atoms with Crippen LogP contribution in [0.5, 0.6) is 0 Å². The van der Waals surface area contributed by atoms with E-state index >= 15 is 0 Å². The van der Waals surface area contributed by atoms with Gasteiger partial charge in [-0.05, 0) is 33.7 Å². The molecule has 0 unspecified atom stereocenters. The van der Waals surface area contributed by atoms with Crippen molar-refractivity contribution in [3.05, 3.63) is 11.4 Å². The molecule has 1 saturated carbocycles. The number of aromatic nitrogens is 2. The summed E-state index contributed by atoms with van der Waals surface area (Å²) in [4.78, 5) is 9.11. The summed E-state index contributed by atoms with van der Waals surface area (Å²) in [6.45, 7) is 5.06. The van der Waals surface area contributed by atoms with E-state index in [0.29, 0.717) is 18.3 Å². The van der Waals surface area contributed by atoms with Gasteiger partial charge in [-0.15, -0.1) is 0 Å². The summed E-state index contributed by atoms with van der Waals surface area (Å²) in [6.07, 6.45) is 2.25. The van der Waals surface area contributed by atoms with E-state index in [1.165, 1.54) is 7.05 Å². The predicted molar refractivity (Wildman–Crippen MR) is 84.2 cm³/mol. The Labute approximate surface area is 126 Å². The van der Waals surface area contributed by atoms with Gasteiger partial charge in [0.2, 0.25) is 10.0 Å². The van der Waals surface area contributed by atoms with Crippen LogP contribution in [-0.4, -0.2) is 44.3 Å². The third-order valence-electron chi connectivity index (χ3n) is 3.42. The van der Waals surface area contributed by atoms with Crippen molar-refractivity contribution < 1.29 is 8.42 Å². The summed E-state index contributed by atoms with van der Waals surface area (Å²) in [7, 11) is -1.79. The maximum Gasteiger partial charge on any atom is 0.213 e. The maximum atomic E-state index is 11.4. The van der Waals surface area contributed by atoms with Gasteiger partial charge in [0, 0.05) is 24.6 Å². The second kappa shape index (κ2) is 6.57. The molecule has 1 aliphatic rings. The number of anilines is 2. The summed E-state index contributed by atoms with van der Waals surface area (Å²) in [6, 6.07) is 0. The zero-order chi connectivity index (χ0) is 15.5. The van der Waals surface area contributed by atoms with Crippen LogP contribution in [0.1, 0.15) is 37.1 Å². The van der Waals surface area contributed by atoms with Crippen molar-refractivity contribution in [3.8, 4) is 0 Å². The molecule has 0 aromatic carbocycles. The molecule has 2 rings (SSSR count). The van der Waals surface area contributed by atoms with E-state index in [1.807, 2.05) is 13.8 Å². The molecule has 118 valence electrons. The lowest BCUT2D eigenvalue weighted by atomic mass is 10.2. The lowest BCUT2D eigenvalue weighted by Crippen LogP contribution is -2.26. The van der Waals surface area contributed by atoms with Gasteiger partial charge in [0.25, 0.3) is 0 Å². The smallest absolute Gasteiger partial charge is 0.213 e. The average molecular weight is 313 g/mol. The highest BCUT2D eigenvalue weighted by molar-refractivity contribution is 7.89. The minimum Gasteiger partial charge on any atom is -0.370 e. The van der Waals surface area contributed by atoms with Crippen molar-refractivity contribution in [2.75, 3.05) is 36.5 Å². The third-order valence-corrected chi connectivity index (χ3v) is 4.79.